The third-order valence-corrected chi connectivity index (χ3v) is 4.71. The van der Waals surface area contributed by atoms with Crippen LogP contribution in [0, 0.1) is 10.1 Å². The van der Waals surface area contributed by atoms with Gasteiger partial charge in [-0.3, -0.25) is 10.1 Å². The van der Waals surface area contributed by atoms with Crippen LogP contribution in [0.1, 0.15) is 34.6 Å². The molecule has 0 atom stereocenters. The van der Waals surface area contributed by atoms with E-state index in [4.69, 9.17) is 24.7 Å². The van der Waals surface area contributed by atoms with Crippen LogP contribution in [0.5, 0.6) is 11.5 Å². The number of carbonyl (C=O) groups is 2. The lowest BCUT2D eigenvalue weighted by Gasteiger charge is -2.14. The number of nitrogen functional groups attached to an aromatic ring is 1. The average Bonchev–Trinajstić information content (AvgIpc) is 2.90. The van der Waals surface area contributed by atoms with Crippen LogP contribution in [-0.4, -0.2) is 70.2 Å². The number of hydrogen-bond donors (Lipinski definition) is 3. The smallest absolute Gasteiger partial charge is 0.342 e. The Morgan fingerprint density at radius 1 is 0.850 bits per heavy atom. The molecule has 0 radical (unpaired) electrons. The molecule has 2 aromatic carbocycles. The number of nitro groups is 1. The summed E-state index contributed by atoms with van der Waals surface area (Å²) >= 11 is 0. The molecule has 40 heavy (non-hydrogen) atoms. The van der Waals surface area contributed by atoms with Crippen LogP contribution in [-0.2, 0) is 9.47 Å². The zero-order valence-corrected chi connectivity index (χ0v) is 22.1. The Labute approximate surface area is 226 Å². The Kier molecular flexibility index (Phi) is 13.8. The molecule has 0 heterocycles. The topological polar surface area (TPSA) is 164 Å². The molecule has 0 amide bonds. The second kappa shape index (κ2) is 16.5. The van der Waals surface area contributed by atoms with Gasteiger partial charge in [-0.2, -0.15) is 0 Å². The van der Waals surface area contributed by atoms with Crippen molar-refractivity contribution in [1.29, 1.82) is 0 Å². The van der Waals surface area contributed by atoms with Crippen LogP contribution in [0.4, 0.5) is 40.3 Å². The van der Waals surface area contributed by atoms with Crippen molar-refractivity contribution in [3.63, 3.8) is 0 Å². The Hall–Kier alpha value is -4.50. The number of nitrogens with two attached hydrogens (primary N) is 1. The predicted octanol–water partition coefficient (Wildman–Crippen LogP) is 4.59. The summed E-state index contributed by atoms with van der Waals surface area (Å²) in [5, 5.41) is 16.3. The standard InChI is InChI=1S/C12H14F2N2O5.C12H16F2N2O3/c1-3-20-12(17)7-4-9(16(18)19)8(15-2)5-10(7)21-6-11(13)14;1-3-18-12(17)7-4-8(15)9(16-2)5-10(7)19-6-11(13)14/h4-5,11,15H,3,6H2,1-2H3;4-5,11,16H,3,6,15H2,1-2H3. The number of alkyl halides is 4. The third kappa shape index (κ3) is 9.99. The Morgan fingerprint density at radius 3 is 1.65 bits per heavy atom. The highest BCUT2D eigenvalue weighted by atomic mass is 19.3. The number of rotatable bonds is 13. The molecule has 0 unspecified atom stereocenters. The monoisotopic (exact) mass is 578 g/mol. The van der Waals surface area contributed by atoms with E-state index < -0.39 is 42.9 Å². The predicted molar refractivity (Wildman–Crippen MR) is 138 cm³/mol. The van der Waals surface area contributed by atoms with Crippen molar-refractivity contribution >= 4 is 34.7 Å². The number of nitro benzene ring substituents is 1. The first-order valence-corrected chi connectivity index (χ1v) is 11.7. The molecule has 0 bridgehead atoms. The van der Waals surface area contributed by atoms with Gasteiger partial charge in [0, 0.05) is 32.3 Å². The molecular weight excluding hydrogens is 548 g/mol. The van der Waals surface area contributed by atoms with E-state index in [0.29, 0.717) is 11.4 Å². The maximum Gasteiger partial charge on any atom is 0.342 e. The van der Waals surface area contributed by atoms with E-state index in [1.807, 2.05) is 0 Å². The van der Waals surface area contributed by atoms with E-state index in [2.05, 4.69) is 10.6 Å². The van der Waals surface area contributed by atoms with Gasteiger partial charge in [0.05, 0.1) is 29.5 Å². The first kappa shape index (κ1) is 33.5. The van der Waals surface area contributed by atoms with E-state index in [1.54, 1.807) is 20.9 Å². The molecule has 0 aliphatic heterocycles. The van der Waals surface area contributed by atoms with E-state index in [-0.39, 0.29) is 47.2 Å². The Balaban J connectivity index is 0.000000402. The third-order valence-electron chi connectivity index (χ3n) is 4.71. The fourth-order valence-corrected chi connectivity index (χ4v) is 3.01. The minimum atomic E-state index is -2.74. The Bertz CT molecular complexity index is 1170. The van der Waals surface area contributed by atoms with E-state index in [9.17, 15) is 37.3 Å². The molecule has 0 fully saturated rings. The molecule has 0 aliphatic rings. The first-order valence-electron chi connectivity index (χ1n) is 11.7. The van der Waals surface area contributed by atoms with Gasteiger partial charge in [0.15, 0.2) is 0 Å². The van der Waals surface area contributed by atoms with Gasteiger partial charge in [0.2, 0.25) is 0 Å². The van der Waals surface area contributed by atoms with Crippen molar-refractivity contribution in [2.45, 2.75) is 26.7 Å². The number of anilines is 3. The molecular formula is C24H30F4N4O8. The molecule has 2 rings (SSSR count). The van der Waals surface area contributed by atoms with Crippen LogP contribution in [0.3, 0.4) is 0 Å². The molecule has 0 saturated carbocycles. The molecule has 4 N–H and O–H groups in total. The van der Waals surface area contributed by atoms with E-state index >= 15 is 0 Å². The van der Waals surface area contributed by atoms with Crippen molar-refractivity contribution in [1.82, 2.24) is 0 Å². The minimum absolute atomic E-state index is 0.0114. The SMILES string of the molecule is CCOC(=O)c1cc(N)c(NC)cc1OCC(F)F.CCOC(=O)c1cc([N+](=O)[O-])c(NC)cc1OCC(F)F. The van der Waals surface area contributed by atoms with Crippen LogP contribution in [0.25, 0.3) is 0 Å². The van der Waals surface area contributed by atoms with Crippen LogP contribution in [0.15, 0.2) is 24.3 Å². The minimum Gasteiger partial charge on any atom is -0.487 e. The first-order chi connectivity index (χ1) is 18.9. The zero-order valence-electron chi connectivity index (χ0n) is 22.1. The normalized spacial score (nSPS) is 10.3. The van der Waals surface area contributed by atoms with Crippen LogP contribution in [0.2, 0.25) is 0 Å². The summed E-state index contributed by atoms with van der Waals surface area (Å²) in [5.41, 5.74) is 5.91. The lowest BCUT2D eigenvalue weighted by atomic mass is 10.1. The van der Waals surface area contributed by atoms with Crippen molar-refractivity contribution in [3.8, 4) is 11.5 Å². The highest BCUT2D eigenvalue weighted by Crippen LogP contribution is 2.33. The fourth-order valence-electron chi connectivity index (χ4n) is 3.01. The lowest BCUT2D eigenvalue weighted by molar-refractivity contribution is -0.384. The van der Waals surface area contributed by atoms with Crippen LogP contribution < -0.4 is 25.8 Å². The summed E-state index contributed by atoms with van der Waals surface area (Å²) in [4.78, 5) is 33.7. The highest BCUT2D eigenvalue weighted by Gasteiger charge is 2.24. The molecule has 0 aliphatic carbocycles. The van der Waals surface area contributed by atoms with Crippen molar-refractivity contribution < 1.29 is 51.0 Å². The molecule has 222 valence electrons. The summed E-state index contributed by atoms with van der Waals surface area (Å²) in [6, 6.07) is 4.78. The second-order valence-electron chi connectivity index (χ2n) is 7.40. The molecule has 16 heteroatoms. The van der Waals surface area contributed by atoms with Crippen molar-refractivity contribution in [3.05, 3.63) is 45.5 Å². The molecule has 2 aromatic rings. The summed E-state index contributed by atoms with van der Waals surface area (Å²) in [5.74, 6) is -1.74. The highest BCUT2D eigenvalue weighted by molar-refractivity contribution is 5.96. The maximum absolute atomic E-state index is 12.2. The molecule has 12 nitrogen and oxygen atoms in total. The van der Waals surface area contributed by atoms with Crippen molar-refractivity contribution in [2.75, 3.05) is 56.9 Å². The summed E-state index contributed by atoms with van der Waals surface area (Å²) in [7, 11) is 3.04. The van der Waals surface area contributed by atoms with Gasteiger partial charge in [-0.05, 0) is 19.9 Å². The van der Waals surface area contributed by atoms with Crippen LogP contribution >= 0.6 is 0 Å². The fraction of sp³-hybridized carbons (Fsp3) is 0.417. The van der Waals surface area contributed by atoms with E-state index in [1.165, 1.54) is 19.2 Å². The largest absolute Gasteiger partial charge is 0.487 e. The number of nitrogens with one attached hydrogen (secondary N) is 2. The molecule has 0 saturated heterocycles. The van der Waals surface area contributed by atoms with Gasteiger partial charge in [-0.25, -0.2) is 27.2 Å². The number of esters is 2. The lowest BCUT2D eigenvalue weighted by Crippen LogP contribution is -2.13. The summed E-state index contributed by atoms with van der Waals surface area (Å²) < 4.78 is 68.1. The van der Waals surface area contributed by atoms with Gasteiger partial charge in [0.1, 0.15) is 41.5 Å². The molecule has 0 aromatic heterocycles. The van der Waals surface area contributed by atoms with E-state index in [0.717, 1.165) is 12.1 Å². The van der Waals surface area contributed by atoms with Gasteiger partial charge >= 0.3 is 11.9 Å². The quantitative estimate of drug-likeness (QED) is 0.100. The van der Waals surface area contributed by atoms with Gasteiger partial charge in [-0.15, -0.1) is 0 Å². The van der Waals surface area contributed by atoms with Gasteiger partial charge in [0.25, 0.3) is 18.5 Å². The average molecular weight is 579 g/mol. The number of ether oxygens (including phenoxy) is 4. The molecule has 0 spiro atoms. The summed E-state index contributed by atoms with van der Waals surface area (Å²) in [6.45, 7) is 1.65. The number of halogens is 4. The number of hydrogen-bond acceptors (Lipinski definition) is 11. The van der Waals surface area contributed by atoms with Crippen molar-refractivity contribution in [2.24, 2.45) is 0 Å². The van der Waals surface area contributed by atoms with Gasteiger partial charge < -0.3 is 35.3 Å². The number of benzene rings is 2. The Morgan fingerprint density at radius 2 is 1.27 bits per heavy atom. The number of nitrogens with zero attached hydrogens (tertiary/aromatic N) is 1. The number of carbonyl (C=O) groups excluding carboxylic acids is 2. The van der Waals surface area contributed by atoms with Gasteiger partial charge in [-0.1, -0.05) is 0 Å². The second-order valence-corrected chi connectivity index (χ2v) is 7.40. The summed E-state index contributed by atoms with van der Waals surface area (Å²) in [6.07, 6.45) is -5.38. The zero-order chi connectivity index (χ0) is 30.4. The maximum atomic E-state index is 12.2.